The van der Waals surface area contributed by atoms with Crippen LogP contribution in [0.4, 0.5) is 0 Å². The molecule has 50 heavy (non-hydrogen) atoms. The molecule has 3 heterocycles. The molecule has 0 saturated carbocycles. The number of aliphatic hydroxyl groups is 4. The number of fused-ring (bicyclic) bond motifs is 2. The number of allylic oxidation sites excluding steroid dienone is 2. The van der Waals surface area contributed by atoms with Gasteiger partial charge in [0.25, 0.3) is 0 Å². The zero-order chi connectivity index (χ0) is 37.3. The van der Waals surface area contributed by atoms with Crippen molar-refractivity contribution in [1.82, 2.24) is 0 Å². The van der Waals surface area contributed by atoms with Crippen molar-refractivity contribution in [3.63, 3.8) is 0 Å². The van der Waals surface area contributed by atoms with E-state index in [9.17, 15) is 30.0 Å². The Hall–Kier alpha value is -1.92. The van der Waals surface area contributed by atoms with Gasteiger partial charge in [-0.05, 0) is 87.7 Å². The lowest BCUT2D eigenvalue weighted by Gasteiger charge is -2.38. The van der Waals surface area contributed by atoms with Crippen LogP contribution in [0, 0.1) is 29.6 Å². The molecule has 3 aliphatic heterocycles. The van der Waals surface area contributed by atoms with E-state index < -0.39 is 60.6 Å². The number of aliphatic hydroxyl groups excluding tert-OH is 3. The highest BCUT2D eigenvalue weighted by molar-refractivity contribution is 5.80. The fraction of sp³-hybridized carbons (Fsp3) is 0.800. The first-order valence-electron chi connectivity index (χ1n) is 18.9. The molecule has 4 N–H and O–H groups in total. The third kappa shape index (κ3) is 12.1. The predicted octanol–water partition coefficient (Wildman–Crippen LogP) is 5.94. The smallest absolute Gasteiger partial charge is 0.311 e. The summed E-state index contributed by atoms with van der Waals surface area (Å²) in [6.07, 6.45) is 6.93. The highest BCUT2D eigenvalue weighted by Gasteiger charge is 2.40. The van der Waals surface area contributed by atoms with Crippen LogP contribution in [0.2, 0.25) is 0 Å². The number of ether oxygens (including phenoxy) is 4. The third-order valence-corrected chi connectivity index (χ3v) is 11.0. The number of hydrogen-bond acceptors (Lipinski definition) is 10. The second kappa shape index (κ2) is 19.2. The van der Waals surface area contributed by atoms with Crippen LogP contribution in [0.5, 0.6) is 0 Å². The normalized spacial score (nSPS) is 38.3. The van der Waals surface area contributed by atoms with Gasteiger partial charge in [0, 0.05) is 25.2 Å². The van der Waals surface area contributed by atoms with Crippen molar-refractivity contribution in [2.45, 2.75) is 175 Å². The van der Waals surface area contributed by atoms with Crippen LogP contribution in [-0.2, 0) is 28.5 Å². The van der Waals surface area contributed by atoms with Crippen LogP contribution >= 0.6 is 0 Å². The van der Waals surface area contributed by atoms with Crippen LogP contribution in [0.1, 0.15) is 120 Å². The molecule has 10 heteroatoms. The van der Waals surface area contributed by atoms with Gasteiger partial charge in [0.05, 0.1) is 30.8 Å². The maximum Gasteiger partial charge on any atom is 0.311 e. The van der Waals surface area contributed by atoms with E-state index in [4.69, 9.17) is 18.9 Å². The Bertz CT molecular complexity index is 1180. The molecule has 1 fully saturated rings. The third-order valence-electron chi connectivity index (χ3n) is 11.0. The molecule has 10 nitrogen and oxygen atoms in total. The first-order chi connectivity index (χ1) is 23.4. The SMILES string of the molecule is CCC(=O)[C@@H](C)[C@@H](O)[C@H](C)C[C@@H](C)[C@H]1OC(=O)C[C@@]2(O)CC=C(C)[C@H](O2)C(C)=CCCC[C@@H](O[C@H]2C[C@@H](O)[C@H](O)[C@@H](C)O2)/C=C/[C@H](C)C[C@H]1C. The Kier molecular flexibility index (Phi) is 16.4. The van der Waals surface area contributed by atoms with Gasteiger partial charge in [-0.3, -0.25) is 9.59 Å². The minimum Gasteiger partial charge on any atom is -0.462 e. The lowest BCUT2D eigenvalue weighted by Crippen LogP contribution is -2.48. The Labute approximate surface area is 300 Å². The molecule has 0 radical (unpaired) electrons. The van der Waals surface area contributed by atoms with E-state index in [1.54, 1.807) is 20.8 Å². The number of ketones is 1. The minimum atomic E-state index is -1.71. The summed E-state index contributed by atoms with van der Waals surface area (Å²) >= 11 is 0. The maximum atomic E-state index is 13.6. The van der Waals surface area contributed by atoms with Crippen molar-refractivity contribution in [2.75, 3.05) is 0 Å². The van der Waals surface area contributed by atoms with Crippen LogP contribution in [0.25, 0.3) is 0 Å². The molecule has 2 bridgehead atoms. The predicted molar refractivity (Wildman–Crippen MR) is 192 cm³/mol. The average Bonchev–Trinajstić information content (AvgIpc) is 3.05. The molecule has 3 aliphatic rings. The molecule has 0 unspecified atom stereocenters. The number of rotatable bonds is 9. The van der Waals surface area contributed by atoms with Crippen molar-refractivity contribution in [3.05, 3.63) is 35.5 Å². The molecular weight excluding hydrogens is 640 g/mol. The van der Waals surface area contributed by atoms with E-state index in [0.717, 1.165) is 24.0 Å². The van der Waals surface area contributed by atoms with Crippen LogP contribution in [0.15, 0.2) is 35.5 Å². The van der Waals surface area contributed by atoms with Crippen molar-refractivity contribution in [2.24, 2.45) is 29.6 Å². The second-order valence-electron chi connectivity index (χ2n) is 15.7. The van der Waals surface area contributed by atoms with Gasteiger partial charge in [-0.15, -0.1) is 0 Å². The molecule has 0 spiro atoms. The quantitative estimate of drug-likeness (QED) is 0.167. The number of carbonyl (C=O) groups excluding carboxylic acids is 2. The molecule has 0 aliphatic carbocycles. The van der Waals surface area contributed by atoms with Gasteiger partial charge in [-0.2, -0.15) is 0 Å². The van der Waals surface area contributed by atoms with Crippen molar-refractivity contribution >= 4 is 11.8 Å². The number of carbonyl (C=O) groups is 2. The summed E-state index contributed by atoms with van der Waals surface area (Å²) in [4.78, 5) is 25.9. The van der Waals surface area contributed by atoms with E-state index in [1.807, 2.05) is 33.8 Å². The lowest BCUT2D eigenvalue weighted by molar-refractivity contribution is -0.254. The molecule has 0 aromatic carbocycles. The Morgan fingerprint density at radius 1 is 1.06 bits per heavy atom. The summed E-state index contributed by atoms with van der Waals surface area (Å²) in [7, 11) is 0. The molecule has 1 saturated heterocycles. The van der Waals surface area contributed by atoms with E-state index in [2.05, 4.69) is 32.1 Å². The Morgan fingerprint density at radius 2 is 1.74 bits per heavy atom. The Balaban J connectivity index is 1.88. The van der Waals surface area contributed by atoms with Gasteiger partial charge in [0.1, 0.15) is 24.1 Å². The summed E-state index contributed by atoms with van der Waals surface area (Å²) in [5.41, 5.74) is 1.91. The fourth-order valence-electron chi connectivity index (χ4n) is 7.82. The van der Waals surface area contributed by atoms with Crippen molar-refractivity contribution in [1.29, 1.82) is 0 Å². The molecule has 0 aromatic rings. The first kappa shape index (κ1) is 42.5. The molecule has 0 amide bonds. The van der Waals surface area contributed by atoms with Gasteiger partial charge >= 0.3 is 5.97 Å². The van der Waals surface area contributed by atoms with Crippen molar-refractivity contribution < 1.29 is 49.0 Å². The van der Waals surface area contributed by atoms with Crippen molar-refractivity contribution in [3.8, 4) is 0 Å². The van der Waals surface area contributed by atoms with E-state index in [0.29, 0.717) is 25.7 Å². The van der Waals surface area contributed by atoms with Gasteiger partial charge in [0.2, 0.25) is 0 Å². The molecule has 14 atom stereocenters. The summed E-state index contributed by atoms with van der Waals surface area (Å²) < 4.78 is 24.7. The highest BCUT2D eigenvalue weighted by atomic mass is 16.7. The van der Waals surface area contributed by atoms with Crippen LogP contribution < -0.4 is 0 Å². The number of esters is 1. The molecule has 3 rings (SSSR count). The van der Waals surface area contributed by atoms with Gasteiger partial charge < -0.3 is 39.4 Å². The Morgan fingerprint density at radius 3 is 2.40 bits per heavy atom. The minimum absolute atomic E-state index is 0.0163. The largest absolute Gasteiger partial charge is 0.462 e. The standard InChI is InChI=1S/C40H66O10/c1-10-32(41)29(8)36(44)26(5)20-28(7)38-27(6)19-23(2)15-16-31(48-35-21-33(42)37(45)30(9)47-35)14-12-11-13-24(3)39-25(4)17-18-40(46,50-39)22-34(43)49-38/h13,15-17,23,26-31,33,35-39,42,44-46H,10-12,14,18-22H2,1-9H3/b16-15+,24-13?/t23-,26+,27+,28+,29+,30+,31+,33+,35-,36-,37+,38-,39+,40+/m0/s1. The number of cyclic esters (lactones) is 1. The number of Topliss-reactive ketones (excluding diaryl/α,β-unsaturated/α-hetero) is 1. The summed E-state index contributed by atoms with van der Waals surface area (Å²) in [5, 5.41) is 43.0. The van der Waals surface area contributed by atoms with Gasteiger partial charge in [-0.25, -0.2) is 0 Å². The zero-order valence-electron chi connectivity index (χ0n) is 31.9. The van der Waals surface area contributed by atoms with E-state index >= 15 is 0 Å². The highest BCUT2D eigenvalue weighted by Crippen LogP contribution is 2.35. The van der Waals surface area contributed by atoms with Crippen LogP contribution in [-0.4, -0.2) is 87.0 Å². The second-order valence-corrected chi connectivity index (χ2v) is 15.7. The maximum absolute atomic E-state index is 13.6. The molecular formula is C40H66O10. The van der Waals surface area contributed by atoms with Gasteiger partial charge in [0.15, 0.2) is 12.1 Å². The summed E-state index contributed by atoms with van der Waals surface area (Å²) in [5.74, 6) is -3.05. The lowest BCUT2D eigenvalue weighted by atomic mass is 9.79. The first-order valence-corrected chi connectivity index (χ1v) is 18.9. The monoisotopic (exact) mass is 706 g/mol. The molecule has 286 valence electrons. The van der Waals surface area contributed by atoms with E-state index in [-0.39, 0.29) is 54.8 Å². The number of hydrogen-bond donors (Lipinski definition) is 4. The summed E-state index contributed by atoms with van der Waals surface area (Å²) in [6, 6.07) is 0. The zero-order valence-corrected chi connectivity index (χ0v) is 31.9. The van der Waals surface area contributed by atoms with E-state index in [1.165, 1.54) is 0 Å². The fourth-order valence-corrected chi connectivity index (χ4v) is 7.82. The topological polar surface area (TPSA) is 152 Å². The average molecular weight is 707 g/mol. The summed E-state index contributed by atoms with van der Waals surface area (Å²) in [6.45, 7) is 17.3. The van der Waals surface area contributed by atoms with Gasteiger partial charge in [-0.1, -0.05) is 65.8 Å². The van der Waals surface area contributed by atoms with Crippen LogP contribution in [0.3, 0.4) is 0 Å². The molecule has 0 aromatic heterocycles.